The van der Waals surface area contributed by atoms with Gasteiger partial charge in [-0.3, -0.25) is 4.90 Å². The van der Waals surface area contributed by atoms with Crippen LogP contribution in [0.3, 0.4) is 0 Å². The number of anilines is 1. The van der Waals surface area contributed by atoms with E-state index in [-0.39, 0.29) is 0 Å². The van der Waals surface area contributed by atoms with Gasteiger partial charge in [0, 0.05) is 56.6 Å². The van der Waals surface area contributed by atoms with Crippen LogP contribution in [0, 0.1) is 13.8 Å². The van der Waals surface area contributed by atoms with Crippen molar-refractivity contribution >= 4 is 11.8 Å². The minimum atomic E-state index is 0.367. The fraction of sp³-hybridized carbons (Fsp3) is 0.462. The van der Waals surface area contributed by atoms with Crippen LogP contribution in [0.15, 0.2) is 36.9 Å². The van der Waals surface area contributed by atoms with E-state index < -0.39 is 0 Å². The first-order valence-corrected chi connectivity index (χ1v) is 11.0. The second kappa shape index (κ2) is 10.7. The Morgan fingerprint density at radius 3 is 2.35 bits per heavy atom. The van der Waals surface area contributed by atoms with E-state index in [0.717, 1.165) is 43.2 Å². The molecule has 0 radical (unpaired) electrons. The monoisotopic (exact) mass is 424 g/mol. The maximum atomic E-state index is 5.87. The number of piperazine rings is 1. The van der Waals surface area contributed by atoms with E-state index in [2.05, 4.69) is 67.5 Å². The summed E-state index contributed by atoms with van der Waals surface area (Å²) in [5, 5.41) is 0. The zero-order chi connectivity index (χ0) is 22.4. The summed E-state index contributed by atoms with van der Waals surface area (Å²) in [7, 11) is 3.41. The molecule has 168 valence electrons. The first kappa shape index (κ1) is 23.2. The number of hydrogen-bond donors (Lipinski definition) is 0. The Kier molecular flexibility index (Phi) is 7.99. The number of methoxy groups -OCH3 is 2. The third-order valence-electron chi connectivity index (χ3n) is 6.44. The van der Waals surface area contributed by atoms with Gasteiger partial charge in [-0.05, 0) is 55.7 Å². The summed E-state index contributed by atoms with van der Waals surface area (Å²) < 4.78 is 16.5. The Labute approximate surface area is 187 Å². The highest BCUT2D eigenvalue weighted by Gasteiger charge is 2.24. The van der Waals surface area contributed by atoms with E-state index in [1.54, 1.807) is 14.2 Å². The molecule has 1 aliphatic heterocycles. The van der Waals surface area contributed by atoms with Crippen molar-refractivity contribution in [3.05, 3.63) is 59.2 Å². The topological polar surface area (TPSA) is 34.2 Å². The molecule has 3 rings (SSSR count). The predicted molar refractivity (Wildman–Crippen MR) is 129 cm³/mol. The lowest BCUT2D eigenvalue weighted by molar-refractivity contribution is 0.146. The number of ether oxygens (including phenoxy) is 3. The normalized spacial score (nSPS) is 15.6. The summed E-state index contributed by atoms with van der Waals surface area (Å²) in [5.41, 5.74) is 6.14. The largest absolute Gasteiger partial charge is 0.496 e. The number of rotatable bonds is 9. The van der Waals surface area contributed by atoms with Crippen LogP contribution in [0.5, 0.6) is 11.5 Å². The highest BCUT2D eigenvalue weighted by molar-refractivity contribution is 5.63. The van der Waals surface area contributed by atoms with Crippen LogP contribution in [-0.4, -0.2) is 58.5 Å². The predicted octanol–water partition coefficient (Wildman–Crippen LogP) is 4.86. The van der Waals surface area contributed by atoms with Gasteiger partial charge in [0.15, 0.2) is 0 Å². The molecular weight excluding hydrogens is 388 g/mol. The first-order chi connectivity index (χ1) is 15.0. The molecule has 1 atom stereocenters. The average molecular weight is 425 g/mol. The summed E-state index contributed by atoms with van der Waals surface area (Å²) in [6.45, 7) is 15.7. The van der Waals surface area contributed by atoms with Crippen molar-refractivity contribution in [3.8, 4) is 11.5 Å². The van der Waals surface area contributed by atoms with Crippen LogP contribution in [0.25, 0.3) is 6.08 Å². The molecule has 2 aromatic rings. The lowest BCUT2D eigenvalue weighted by atomic mass is 9.96. The molecule has 1 fully saturated rings. The molecule has 0 aliphatic carbocycles. The third-order valence-corrected chi connectivity index (χ3v) is 6.44. The minimum absolute atomic E-state index is 0.367. The molecule has 31 heavy (non-hydrogen) atoms. The highest BCUT2D eigenvalue weighted by Crippen LogP contribution is 2.32. The molecule has 1 unspecified atom stereocenters. The Hall–Kier alpha value is -2.50. The molecule has 0 saturated carbocycles. The molecule has 0 spiro atoms. The van der Waals surface area contributed by atoms with E-state index in [0.29, 0.717) is 19.3 Å². The second-order valence-electron chi connectivity index (χ2n) is 8.07. The van der Waals surface area contributed by atoms with Gasteiger partial charge < -0.3 is 19.1 Å². The summed E-state index contributed by atoms with van der Waals surface area (Å²) in [5.74, 6) is 1.83. The van der Waals surface area contributed by atoms with E-state index in [1.165, 1.54) is 22.4 Å². The first-order valence-electron chi connectivity index (χ1n) is 11.0. The van der Waals surface area contributed by atoms with Crippen LogP contribution in [-0.2, 0) is 4.74 Å². The lowest BCUT2D eigenvalue weighted by Gasteiger charge is -2.40. The molecule has 2 aromatic carbocycles. The van der Waals surface area contributed by atoms with Crippen LogP contribution in [0.1, 0.15) is 35.2 Å². The van der Waals surface area contributed by atoms with E-state index >= 15 is 0 Å². The summed E-state index contributed by atoms with van der Waals surface area (Å²) in [6.07, 6.45) is 1.83. The summed E-state index contributed by atoms with van der Waals surface area (Å²) in [4.78, 5) is 5.00. The van der Waals surface area contributed by atoms with Crippen molar-refractivity contribution in [1.82, 2.24) is 4.90 Å². The maximum absolute atomic E-state index is 5.87. The van der Waals surface area contributed by atoms with Gasteiger partial charge in [0.1, 0.15) is 18.1 Å². The van der Waals surface area contributed by atoms with Crippen LogP contribution in [0.4, 0.5) is 5.69 Å². The summed E-state index contributed by atoms with van der Waals surface area (Å²) in [6, 6.07) is 11.1. The van der Waals surface area contributed by atoms with Gasteiger partial charge in [-0.15, -0.1) is 0 Å². The van der Waals surface area contributed by atoms with Gasteiger partial charge in [0.2, 0.25) is 0 Å². The molecule has 0 aromatic heterocycles. The lowest BCUT2D eigenvalue weighted by Crippen LogP contribution is -2.47. The van der Waals surface area contributed by atoms with Crippen molar-refractivity contribution in [1.29, 1.82) is 0 Å². The van der Waals surface area contributed by atoms with E-state index in [1.807, 2.05) is 6.08 Å². The Bertz CT molecular complexity index is 888. The molecule has 0 N–H and O–H groups in total. The van der Waals surface area contributed by atoms with Crippen molar-refractivity contribution in [2.75, 3.05) is 58.5 Å². The molecular formula is C26H36N2O3. The fourth-order valence-electron chi connectivity index (χ4n) is 4.29. The van der Waals surface area contributed by atoms with Crippen molar-refractivity contribution in [2.24, 2.45) is 0 Å². The van der Waals surface area contributed by atoms with Gasteiger partial charge in [-0.1, -0.05) is 18.7 Å². The number of nitrogens with zero attached hydrogens (tertiary/aromatic N) is 2. The molecule has 1 saturated heterocycles. The summed E-state index contributed by atoms with van der Waals surface area (Å²) >= 11 is 0. The molecule has 5 heteroatoms. The van der Waals surface area contributed by atoms with Crippen LogP contribution >= 0.6 is 0 Å². The van der Waals surface area contributed by atoms with Gasteiger partial charge in [-0.2, -0.15) is 0 Å². The van der Waals surface area contributed by atoms with Crippen LogP contribution < -0.4 is 14.4 Å². The zero-order valence-electron chi connectivity index (χ0n) is 19.6. The highest BCUT2D eigenvalue weighted by atomic mass is 16.5. The smallest absolute Gasteiger partial charge is 0.128 e. The van der Waals surface area contributed by atoms with Gasteiger partial charge in [0.05, 0.1) is 13.7 Å². The average Bonchev–Trinajstić information content (AvgIpc) is 2.81. The van der Waals surface area contributed by atoms with E-state index in [4.69, 9.17) is 14.2 Å². The van der Waals surface area contributed by atoms with Gasteiger partial charge in [-0.25, -0.2) is 0 Å². The SMILES string of the molecule is C=Cc1ccc(N2CCN(C(C)c3ccc(OCCOC)c(C)c3C)CC2)cc1OC. The Balaban J connectivity index is 1.65. The molecule has 0 amide bonds. The van der Waals surface area contributed by atoms with Crippen molar-refractivity contribution < 1.29 is 14.2 Å². The van der Waals surface area contributed by atoms with Crippen molar-refractivity contribution in [3.63, 3.8) is 0 Å². The van der Waals surface area contributed by atoms with Gasteiger partial charge >= 0.3 is 0 Å². The Morgan fingerprint density at radius 2 is 1.71 bits per heavy atom. The minimum Gasteiger partial charge on any atom is -0.496 e. The second-order valence-corrected chi connectivity index (χ2v) is 8.07. The van der Waals surface area contributed by atoms with Crippen LogP contribution in [0.2, 0.25) is 0 Å². The molecule has 0 bridgehead atoms. The third kappa shape index (κ3) is 5.23. The van der Waals surface area contributed by atoms with Crippen molar-refractivity contribution in [2.45, 2.75) is 26.8 Å². The molecule has 1 heterocycles. The molecule has 5 nitrogen and oxygen atoms in total. The zero-order valence-corrected chi connectivity index (χ0v) is 19.6. The maximum Gasteiger partial charge on any atom is 0.128 e. The quantitative estimate of drug-likeness (QED) is 0.537. The number of hydrogen-bond acceptors (Lipinski definition) is 5. The van der Waals surface area contributed by atoms with E-state index in [9.17, 15) is 0 Å². The molecule has 1 aliphatic rings. The number of benzene rings is 2. The standard InChI is InChI=1S/C26H36N2O3/c1-7-22-8-9-23(18-26(22)30-6)28-14-12-27(13-15-28)21(4)24-10-11-25(20(3)19(24)2)31-17-16-29-5/h7-11,18,21H,1,12-17H2,2-6H3. The Morgan fingerprint density at radius 1 is 0.968 bits per heavy atom. The van der Waals surface area contributed by atoms with Gasteiger partial charge in [0.25, 0.3) is 0 Å². The fourth-order valence-corrected chi connectivity index (χ4v) is 4.29.